The SMILES string of the molecule is Cl.O=C(NC1CCC(C(=O)N2CCC3CCC(C2)N3)CC1)C1CCCC1. The maximum Gasteiger partial charge on any atom is 0.225 e. The molecule has 2 aliphatic heterocycles. The molecule has 2 N–H and O–H groups in total. The van der Waals surface area contributed by atoms with E-state index in [0.717, 1.165) is 58.0 Å². The monoisotopic (exact) mass is 383 g/mol. The number of amides is 2. The van der Waals surface area contributed by atoms with E-state index in [9.17, 15) is 9.59 Å². The second-order valence-electron chi connectivity index (χ2n) is 8.75. The summed E-state index contributed by atoms with van der Waals surface area (Å²) in [5.74, 6) is 1.06. The van der Waals surface area contributed by atoms with E-state index in [4.69, 9.17) is 0 Å². The van der Waals surface area contributed by atoms with Gasteiger partial charge in [0.25, 0.3) is 0 Å². The van der Waals surface area contributed by atoms with Gasteiger partial charge in [-0.2, -0.15) is 0 Å². The summed E-state index contributed by atoms with van der Waals surface area (Å²) in [6, 6.07) is 1.43. The van der Waals surface area contributed by atoms with Crippen molar-refractivity contribution in [3.8, 4) is 0 Å². The van der Waals surface area contributed by atoms with Gasteiger partial charge in [0, 0.05) is 43.1 Å². The molecule has 26 heavy (non-hydrogen) atoms. The Morgan fingerprint density at radius 3 is 2.23 bits per heavy atom. The molecule has 0 aromatic rings. The Balaban J connectivity index is 0.00000196. The summed E-state index contributed by atoms with van der Waals surface area (Å²) in [5, 5.41) is 6.91. The molecule has 0 aromatic heterocycles. The largest absolute Gasteiger partial charge is 0.353 e. The van der Waals surface area contributed by atoms with E-state index >= 15 is 0 Å². The van der Waals surface area contributed by atoms with Gasteiger partial charge in [-0.1, -0.05) is 12.8 Å². The third-order valence-electron chi connectivity index (χ3n) is 6.98. The van der Waals surface area contributed by atoms with Crippen LogP contribution in [0.4, 0.5) is 0 Å². The third-order valence-corrected chi connectivity index (χ3v) is 6.98. The molecule has 4 aliphatic rings. The van der Waals surface area contributed by atoms with E-state index in [1.165, 1.54) is 25.7 Å². The standard InChI is InChI=1S/C20H33N3O2.ClH/c24-19(14-3-1-2-4-14)22-16-7-5-15(6-8-16)20(25)23-12-11-17-9-10-18(13-23)21-17;/h14-18,21H,1-13H2,(H,22,24);1H. The van der Waals surface area contributed by atoms with Crippen molar-refractivity contribution in [3.63, 3.8) is 0 Å². The van der Waals surface area contributed by atoms with Gasteiger partial charge in [-0.15, -0.1) is 12.4 Å². The second-order valence-corrected chi connectivity index (χ2v) is 8.75. The molecular formula is C20H34ClN3O2. The molecule has 2 saturated carbocycles. The summed E-state index contributed by atoms with van der Waals surface area (Å²) in [5.41, 5.74) is 0. The van der Waals surface area contributed by atoms with E-state index in [2.05, 4.69) is 15.5 Å². The van der Waals surface area contributed by atoms with Crippen molar-refractivity contribution >= 4 is 24.2 Å². The Morgan fingerprint density at radius 2 is 1.50 bits per heavy atom. The first-order valence-electron chi connectivity index (χ1n) is 10.5. The summed E-state index contributed by atoms with van der Waals surface area (Å²) in [7, 11) is 0. The molecule has 0 aromatic carbocycles. The van der Waals surface area contributed by atoms with Gasteiger partial charge in [0.2, 0.25) is 11.8 Å². The Kier molecular flexibility index (Phi) is 6.84. The highest BCUT2D eigenvalue weighted by molar-refractivity contribution is 5.85. The highest BCUT2D eigenvalue weighted by Gasteiger charge is 2.35. The molecule has 148 valence electrons. The fraction of sp³-hybridized carbons (Fsp3) is 0.900. The zero-order chi connectivity index (χ0) is 17.2. The summed E-state index contributed by atoms with van der Waals surface area (Å²) in [4.78, 5) is 27.3. The number of rotatable bonds is 3. The van der Waals surface area contributed by atoms with Crippen molar-refractivity contribution in [1.29, 1.82) is 0 Å². The van der Waals surface area contributed by atoms with Crippen LogP contribution in [0, 0.1) is 11.8 Å². The number of carbonyl (C=O) groups is 2. The first-order chi connectivity index (χ1) is 12.2. The lowest BCUT2D eigenvalue weighted by molar-refractivity contribution is -0.137. The van der Waals surface area contributed by atoms with Gasteiger partial charge in [-0.25, -0.2) is 0 Å². The van der Waals surface area contributed by atoms with Crippen molar-refractivity contribution in [2.75, 3.05) is 13.1 Å². The first-order valence-corrected chi connectivity index (χ1v) is 10.5. The molecule has 0 radical (unpaired) electrons. The molecule has 5 nitrogen and oxygen atoms in total. The minimum Gasteiger partial charge on any atom is -0.353 e. The van der Waals surface area contributed by atoms with Crippen LogP contribution in [0.15, 0.2) is 0 Å². The Labute approximate surface area is 163 Å². The minimum absolute atomic E-state index is 0. The number of hydrogen-bond donors (Lipinski definition) is 2. The lowest BCUT2D eigenvalue weighted by Gasteiger charge is -2.33. The van der Waals surface area contributed by atoms with Crippen LogP contribution in [0.1, 0.15) is 70.6 Å². The van der Waals surface area contributed by atoms with Crippen LogP contribution in [-0.2, 0) is 9.59 Å². The lowest BCUT2D eigenvalue weighted by atomic mass is 9.84. The van der Waals surface area contributed by atoms with Gasteiger partial charge in [0.15, 0.2) is 0 Å². The Hall–Kier alpha value is -0.810. The zero-order valence-corrected chi connectivity index (χ0v) is 16.6. The molecule has 0 spiro atoms. The maximum atomic E-state index is 12.9. The molecule has 2 aliphatic carbocycles. The van der Waals surface area contributed by atoms with Crippen LogP contribution >= 0.6 is 12.4 Å². The molecule has 6 heteroatoms. The molecule has 2 unspecified atom stereocenters. The van der Waals surface area contributed by atoms with E-state index in [1.54, 1.807) is 0 Å². The van der Waals surface area contributed by atoms with Crippen LogP contribution < -0.4 is 10.6 Å². The van der Waals surface area contributed by atoms with E-state index in [1.807, 2.05) is 0 Å². The van der Waals surface area contributed by atoms with Crippen molar-refractivity contribution in [2.45, 2.75) is 88.8 Å². The molecule has 2 bridgehead atoms. The van der Waals surface area contributed by atoms with E-state index in [0.29, 0.717) is 24.0 Å². The number of likely N-dealkylation sites (tertiary alicyclic amines) is 1. The predicted molar refractivity (Wildman–Crippen MR) is 104 cm³/mol. The van der Waals surface area contributed by atoms with Crippen LogP contribution in [0.25, 0.3) is 0 Å². The van der Waals surface area contributed by atoms with Gasteiger partial charge >= 0.3 is 0 Å². The van der Waals surface area contributed by atoms with Gasteiger partial charge < -0.3 is 15.5 Å². The number of halogens is 1. The summed E-state index contributed by atoms with van der Waals surface area (Å²) in [6.45, 7) is 1.82. The summed E-state index contributed by atoms with van der Waals surface area (Å²) in [6.07, 6.45) is 11.9. The summed E-state index contributed by atoms with van der Waals surface area (Å²) < 4.78 is 0. The van der Waals surface area contributed by atoms with Crippen molar-refractivity contribution < 1.29 is 9.59 Å². The van der Waals surface area contributed by atoms with E-state index < -0.39 is 0 Å². The number of fused-ring (bicyclic) bond motifs is 2. The van der Waals surface area contributed by atoms with E-state index in [-0.39, 0.29) is 30.2 Å². The highest BCUT2D eigenvalue weighted by atomic mass is 35.5. The second kappa shape index (κ2) is 8.92. The van der Waals surface area contributed by atoms with Crippen LogP contribution in [0.3, 0.4) is 0 Å². The molecule has 4 rings (SSSR count). The van der Waals surface area contributed by atoms with Crippen LogP contribution in [-0.4, -0.2) is 47.9 Å². The highest BCUT2D eigenvalue weighted by Crippen LogP contribution is 2.30. The fourth-order valence-electron chi connectivity index (χ4n) is 5.39. The van der Waals surface area contributed by atoms with Gasteiger partial charge in [0.1, 0.15) is 0 Å². The molecule has 2 amide bonds. The smallest absolute Gasteiger partial charge is 0.225 e. The average Bonchev–Trinajstić information content (AvgIpc) is 3.25. The topological polar surface area (TPSA) is 61.4 Å². The van der Waals surface area contributed by atoms with Crippen molar-refractivity contribution in [1.82, 2.24) is 15.5 Å². The molecule has 2 heterocycles. The van der Waals surface area contributed by atoms with Gasteiger partial charge in [-0.05, 0) is 57.8 Å². The van der Waals surface area contributed by atoms with Gasteiger partial charge in [-0.3, -0.25) is 9.59 Å². The molecule has 2 saturated heterocycles. The Bertz CT molecular complexity index is 501. The fourth-order valence-corrected chi connectivity index (χ4v) is 5.39. The summed E-state index contributed by atoms with van der Waals surface area (Å²) >= 11 is 0. The van der Waals surface area contributed by atoms with Crippen molar-refractivity contribution in [3.05, 3.63) is 0 Å². The third kappa shape index (κ3) is 4.53. The normalized spacial score (nSPS) is 34.8. The molecule has 4 fully saturated rings. The molecule has 2 atom stereocenters. The lowest BCUT2D eigenvalue weighted by Crippen LogP contribution is -2.45. The van der Waals surface area contributed by atoms with Crippen LogP contribution in [0.5, 0.6) is 0 Å². The first kappa shape index (κ1) is 19.9. The molecular weight excluding hydrogens is 350 g/mol. The number of nitrogens with zero attached hydrogens (tertiary/aromatic N) is 1. The number of hydrogen-bond acceptors (Lipinski definition) is 3. The minimum atomic E-state index is 0. The van der Waals surface area contributed by atoms with Gasteiger partial charge in [0.05, 0.1) is 0 Å². The maximum absolute atomic E-state index is 12.9. The van der Waals surface area contributed by atoms with Crippen molar-refractivity contribution in [2.24, 2.45) is 11.8 Å². The predicted octanol–water partition coefficient (Wildman–Crippen LogP) is 2.63. The average molecular weight is 384 g/mol. The number of nitrogens with one attached hydrogen (secondary N) is 2. The zero-order valence-electron chi connectivity index (χ0n) is 15.8. The van der Waals surface area contributed by atoms with Crippen LogP contribution in [0.2, 0.25) is 0 Å². The quantitative estimate of drug-likeness (QED) is 0.787. The Morgan fingerprint density at radius 1 is 0.808 bits per heavy atom. The number of carbonyl (C=O) groups excluding carboxylic acids is 2.